The van der Waals surface area contributed by atoms with Gasteiger partial charge in [0.15, 0.2) is 0 Å². The summed E-state index contributed by atoms with van der Waals surface area (Å²) in [6.45, 7) is 3.53. The highest BCUT2D eigenvalue weighted by molar-refractivity contribution is 7.17. The first-order valence-corrected chi connectivity index (χ1v) is 7.82. The van der Waals surface area contributed by atoms with Crippen LogP contribution in [0, 0.1) is 5.92 Å². The summed E-state index contributed by atoms with van der Waals surface area (Å²) in [5.74, 6) is -1.48. The van der Waals surface area contributed by atoms with E-state index in [-0.39, 0.29) is 18.2 Å². The smallest absolute Gasteiger partial charge is 0.326 e. The normalized spacial score (nSPS) is 12.6. The molecule has 0 fully saturated rings. The Kier molecular flexibility index (Phi) is 4.85. The number of aliphatic carboxylic acids is 1. The molecule has 112 valence electrons. The number of rotatable bonds is 5. The molecule has 0 radical (unpaired) electrons. The van der Waals surface area contributed by atoms with E-state index in [4.69, 9.17) is 16.7 Å². The summed E-state index contributed by atoms with van der Waals surface area (Å²) in [6, 6.07) is 4.68. The number of hydrogen-bond acceptors (Lipinski definition) is 3. The molecule has 0 saturated heterocycles. The van der Waals surface area contributed by atoms with E-state index < -0.39 is 12.0 Å². The molecular formula is C15H16ClNO3S. The molecule has 0 aliphatic carbocycles. The van der Waals surface area contributed by atoms with Crippen molar-refractivity contribution < 1.29 is 14.7 Å². The van der Waals surface area contributed by atoms with E-state index in [1.807, 2.05) is 23.6 Å². The van der Waals surface area contributed by atoms with Crippen LogP contribution in [0.4, 0.5) is 0 Å². The number of carbonyl (C=O) groups is 2. The van der Waals surface area contributed by atoms with E-state index in [0.717, 1.165) is 15.6 Å². The Balaban J connectivity index is 2.14. The SMILES string of the molecule is CC(C)[C@@H](NC(=O)Cc1csc2ccc(Cl)cc12)C(=O)O. The molecular weight excluding hydrogens is 310 g/mol. The fraction of sp³-hybridized carbons (Fsp3) is 0.333. The van der Waals surface area contributed by atoms with Gasteiger partial charge in [0, 0.05) is 9.72 Å². The van der Waals surface area contributed by atoms with Crippen LogP contribution in [0.5, 0.6) is 0 Å². The van der Waals surface area contributed by atoms with Crippen LogP contribution >= 0.6 is 22.9 Å². The number of carbonyl (C=O) groups excluding carboxylic acids is 1. The molecule has 1 aromatic heterocycles. The molecule has 1 atom stereocenters. The molecule has 0 aliphatic heterocycles. The predicted molar refractivity (Wildman–Crippen MR) is 84.9 cm³/mol. The van der Waals surface area contributed by atoms with Crippen LogP contribution < -0.4 is 5.32 Å². The first-order valence-electron chi connectivity index (χ1n) is 6.56. The van der Waals surface area contributed by atoms with Crippen molar-refractivity contribution in [1.82, 2.24) is 5.32 Å². The number of halogens is 1. The van der Waals surface area contributed by atoms with E-state index in [2.05, 4.69) is 5.32 Å². The Labute approximate surface area is 131 Å². The van der Waals surface area contributed by atoms with Gasteiger partial charge in [-0.2, -0.15) is 0 Å². The highest BCUT2D eigenvalue weighted by atomic mass is 35.5. The van der Waals surface area contributed by atoms with Crippen LogP contribution in [0.15, 0.2) is 23.6 Å². The lowest BCUT2D eigenvalue weighted by Crippen LogP contribution is -2.44. The zero-order valence-electron chi connectivity index (χ0n) is 11.7. The van der Waals surface area contributed by atoms with Crippen molar-refractivity contribution in [1.29, 1.82) is 0 Å². The van der Waals surface area contributed by atoms with Gasteiger partial charge in [-0.05, 0) is 40.4 Å². The Morgan fingerprint density at radius 1 is 1.38 bits per heavy atom. The fourth-order valence-corrected chi connectivity index (χ4v) is 3.22. The molecule has 2 aromatic rings. The average Bonchev–Trinajstić information content (AvgIpc) is 2.78. The van der Waals surface area contributed by atoms with Crippen LogP contribution in [0.1, 0.15) is 19.4 Å². The van der Waals surface area contributed by atoms with Gasteiger partial charge in [0.05, 0.1) is 6.42 Å². The molecule has 2 rings (SSSR count). The molecule has 4 nitrogen and oxygen atoms in total. The van der Waals surface area contributed by atoms with Crippen molar-refractivity contribution in [3.63, 3.8) is 0 Å². The van der Waals surface area contributed by atoms with Gasteiger partial charge in [0.2, 0.25) is 5.91 Å². The second-order valence-corrected chi connectivity index (χ2v) is 6.55. The highest BCUT2D eigenvalue weighted by Gasteiger charge is 2.23. The van der Waals surface area contributed by atoms with Gasteiger partial charge < -0.3 is 10.4 Å². The second-order valence-electron chi connectivity index (χ2n) is 5.21. The minimum absolute atomic E-state index is 0.150. The van der Waals surface area contributed by atoms with Crippen molar-refractivity contribution in [2.24, 2.45) is 5.92 Å². The van der Waals surface area contributed by atoms with Gasteiger partial charge in [-0.1, -0.05) is 25.4 Å². The molecule has 21 heavy (non-hydrogen) atoms. The number of carboxylic acid groups (broad SMARTS) is 1. The summed E-state index contributed by atoms with van der Waals surface area (Å²) in [4.78, 5) is 23.2. The zero-order valence-corrected chi connectivity index (χ0v) is 13.3. The molecule has 6 heteroatoms. The minimum atomic E-state index is -1.02. The number of hydrogen-bond donors (Lipinski definition) is 2. The molecule has 1 amide bonds. The van der Waals surface area contributed by atoms with E-state index in [1.165, 1.54) is 0 Å². The van der Waals surface area contributed by atoms with Gasteiger partial charge in [-0.25, -0.2) is 4.79 Å². The number of benzene rings is 1. The third kappa shape index (κ3) is 3.74. The van der Waals surface area contributed by atoms with Crippen LogP contribution in [0.25, 0.3) is 10.1 Å². The summed E-state index contributed by atoms with van der Waals surface area (Å²) in [5, 5.41) is 15.1. The third-order valence-electron chi connectivity index (χ3n) is 3.22. The number of fused-ring (bicyclic) bond motifs is 1. The predicted octanol–water partition coefficient (Wildman–Crippen LogP) is 3.32. The second kappa shape index (κ2) is 6.45. The summed E-state index contributed by atoms with van der Waals surface area (Å²) >= 11 is 7.52. The van der Waals surface area contributed by atoms with Crippen LogP contribution in [-0.2, 0) is 16.0 Å². The number of nitrogens with one attached hydrogen (secondary N) is 1. The van der Waals surface area contributed by atoms with Crippen LogP contribution in [-0.4, -0.2) is 23.0 Å². The number of amides is 1. The van der Waals surface area contributed by atoms with Gasteiger partial charge in [0.25, 0.3) is 0 Å². The van der Waals surface area contributed by atoms with Crippen molar-refractivity contribution in [3.05, 3.63) is 34.2 Å². The van der Waals surface area contributed by atoms with Crippen molar-refractivity contribution >= 4 is 44.9 Å². The maximum absolute atomic E-state index is 12.1. The number of carboxylic acids is 1. The standard InChI is InChI=1S/C15H16ClNO3S/c1-8(2)14(15(19)20)17-13(18)5-9-7-21-12-4-3-10(16)6-11(9)12/h3-4,6-8,14H,5H2,1-2H3,(H,17,18)(H,19,20)/t14-/m1/s1. The lowest BCUT2D eigenvalue weighted by molar-refractivity contribution is -0.143. The Bertz CT molecular complexity index is 681. The van der Waals surface area contributed by atoms with E-state index in [9.17, 15) is 9.59 Å². The Morgan fingerprint density at radius 3 is 2.71 bits per heavy atom. The van der Waals surface area contributed by atoms with Crippen molar-refractivity contribution in [2.45, 2.75) is 26.3 Å². The summed E-state index contributed by atoms with van der Waals surface area (Å²) in [5.41, 5.74) is 0.864. The molecule has 0 unspecified atom stereocenters. The van der Waals surface area contributed by atoms with Crippen LogP contribution in [0.2, 0.25) is 5.02 Å². The van der Waals surface area contributed by atoms with Crippen LogP contribution in [0.3, 0.4) is 0 Å². The van der Waals surface area contributed by atoms with Crippen molar-refractivity contribution in [2.75, 3.05) is 0 Å². The Hall–Kier alpha value is -1.59. The molecule has 0 spiro atoms. The first-order chi connectivity index (χ1) is 9.88. The lowest BCUT2D eigenvalue weighted by Gasteiger charge is -2.17. The molecule has 0 saturated carbocycles. The summed E-state index contributed by atoms with van der Waals surface area (Å²) in [7, 11) is 0. The maximum Gasteiger partial charge on any atom is 0.326 e. The van der Waals surface area contributed by atoms with Crippen molar-refractivity contribution in [3.8, 4) is 0 Å². The average molecular weight is 326 g/mol. The zero-order chi connectivity index (χ0) is 15.6. The van der Waals surface area contributed by atoms with Gasteiger partial charge in [-0.15, -0.1) is 11.3 Å². The number of thiophene rings is 1. The molecule has 2 N–H and O–H groups in total. The largest absolute Gasteiger partial charge is 0.480 e. The molecule has 0 bridgehead atoms. The maximum atomic E-state index is 12.1. The minimum Gasteiger partial charge on any atom is -0.480 e. The Morgan fingerprint density at radius 2 is 2.10 bits per heavy atom. The highest BCUT2D eigenvalue weighted by Crippen LogP contribution is 2.28. The van der Waals surface area contributed by atoms with E-state index in [0.29, 0.717) is 5.02 Å². The topological polar surface area (TPSA) is 66.4 Å². The lowest BCUT2D eigenvalue weighted by atomic mass is 10.0. The quantitative estimate of drug-likeness (QED) is 0.886. The molecule has 1 heterocycles. The fourth-order valence-electron chi connectivity index (χ4n) is 2.10. The third-order valence-corrected chi connectivity index (χ3v) is 4.46. The molecule has 1 aromatic carbocycles. The monoisotopic (exact) mass is 325 g/mol. The van der Waals surface area contributed by atoms with E-state index in [1.54, 1.807) is 25.2 Å². The van der Waals surface area contributed by atoms with Gasteiger partial charge >= 0.3 is 5.97 Å². The van der Waals surface area contributed by atoms with Gasteiger partial charge in [-0.3, -0.25) is 4.79 Å². The molecule has 0 aliphatic rings. The summed E-state index contributed by atoms with van der Waals surface area (Å²) in [6.07, 6.45) is 0.150. The van der Waals surface area contributed by atoms with Gasteiger partial charge in [0.1, 0.15) is 6.04 Å². The first kappa shape index (κ1) is 15.8. The summed E-state index contributed by atoms with van der Waals surface area (Å²) < 4.78 is 1.06. The van der Waals surface area contributed by atoms with E-state index >= 15 is 0 Å².